The number of unbranched alkanes of at least 4 members (excludes halogenated alkanes) is 2. The van der Waals surface area contributed by atoms with Crippen molar-refractivity contribution in [3.8, 4) is 0 Å². The summed E-state index contributed by atoms with van der Waals surface area (Å²) in [4.78, 5) is 29.5. The summed E-state index contributed by atoms with van der Waals surface area (Å²) in [6.07, 6.45) is 4.95. The number of anilines is 2. The van der Waals surface area contributed by atoms with E-state index in [0.717, 1.165) is 41.6 Å². The largest absolute Gasteiger partial charge is 0.321 e. The van der Waals surface area contributed by atoms with E-state index in [9.17, 15) is 9.59 Å². The molecule has 0 unspecified atom stereocenters. The van der Waals surface area contributed by atoms with Gasteiger partial charge in [0.1, 0.15) is 4.88 Å². The molecule has 0 radical (unpaired) electrons. The summed E-state index contributed by atoms with van der Waals surface area (Å²) in [5.41, 5.74) is 4.65. The molecule has 1 aromatic heterocycles. The van der Waals surface area contributed by atoms with E-state index in [1.807, 2.05) is 39.0 Å². The van der Waals surface area contributed by atoms with Gasteiger partial charge in [0.05, 0.1) is 5.69 Å². The molecule has 0 aliphatic rings. The third-order valence-electron chi connectivity index (χ3n) is 4.23. The highest BCUT2D eigenvalue weighted by Crippen LogP contribution is 2.27. The highest BCUT2D eigenvalue weighted by atomic mass is 32.1. The summed E-state index contributed by atoms with van der Waals surface area (Å²) in [5.74, 6) is -0.281. The molecule has 0 fully saturated rings. The average Bonchev–Trinajstić information content (AvgIpc) is 2.95. The Morgan fingerprint density at radius 3 is 2.41 bits per heavy atom. The molecule has 5 nitrogen and oxygen atoms in total. The minimum atomic E-state index is -0.202. The van der Waals surface area contributed by atoms with Crippen LogP contribution in [-0.2, 0) is 4.79 Å². The fraction of sp³-hybridized carbons (Fsp3) is 0.381. The number of nitrogens with one attached hydrogen (secondary N) is 2. The lowest BCUT2D eigenvalue weighted by Crippen LogP contribution is -2.13. The summed E-state index contributed by atoms with van der Waals surface area (Å²) in [6.45, 7) is 11.4. The lowest BCUT2D eigenvalue weighted by Gasteiger charge is -2.12. The molecule has 2 aromatic rings. The number of amides is 2. The Balaban J connectivity index is 2.04. The minimum absolute atomic E-state index is 0.0787. The monoisotopic (exact) mass is 385 g/mol. The Morgan fingerprint density at radius 1 is 1.11 bits per heavy atom. The molecule has 2 rings (SSSR count). The van der Waals surface area contributed by atoms with Crippen LogP contribution in [0.1, 0.15) is 57.7 Å². The molecular formula is C21H27N3O2S. The van der Waals surface area contributed by atoms with Crippen molar-refractivity contribution in [2.24, 2.45) is 0 Å². The second-order valence-corrected chi connectivity index (χ2v) is 7.74. The maximum absolute atomic E-state index is 12.7. The lowest BCUT2D eigenvalue weighted by atomic mass is 10.1. The number of thiazole rings is 1. The van der Waals surface area contributed by atoms with E-state index in [2.05, 4.69) is 22.2 Å². The molecule has 0 atom stereocenters. The Hall–Kier alpha value is -2.47. The van der Waals surface area contributed by atoms with E-state index in [1.54, 1.807) is 6.92 Å². The number of carbonyl (C=O) groups excluding carboxylic acids is 2. The summed E-state index contributed by atoms with van der Waals surface area (Å²) < 4.78 is 0. The van der Waals surface area contributed by atoms with Gasteiger partial charge in [-0.25, -0.2) is 4.98 Å². The van der Waals surface area contributed by atoms with Crippen LogP contribution in [0, 0.1) is 27.7 Å². The minimum Gasteiger partial charge on any atom is -0.321 e. The molecule has 2 amide bonds. The van der Waals surface area contributed by atoms with Gasteiger partial charge in [0.15, 0.2) is 5.13 Å². The van der Waals surface area contributed by atoms with E-state index >= 15 is 0 Å². The highest BCUT2D eigenvalue weighted by molar-refractivity contribution is 7.17. The summed E-state index contributed by atoms with van der Waals surface area (Å²) in [5, 5.41) is 6.24. The summed E-state index contributed by atoms with van der Waals surface area (Å²) in [6, 6.07) is 4.08. The summed E-state index contributed by atoms with van der Waals surface area (Å²) >= 11 is 1.20. The van der Waals surface area contributed by atoms with Crippen LogP contribution in [0.2, 0.25) is 0 Å². The zero-order valence-electron chi connectivity index (χ0n) is 16.4. The molecule has 0 aliphatic carbocycles. The van der Waals surface area contributed by atoms with Crippen molar-refractivity contribution in [3.63, 3.8) is 0 Å². The van der Waals surface area contributed by atoms with Crippen molar-refractivity contribution in [2.75, 3.05) is 10.6 Å². The second-order valence-electron chi connectivity index (χ2n) is 6.74. The van der Waals surface area contributed by atoms with Gasteiger partial charge in [0, 0.05) is 12.1 Å². The molecule has 0 aliphatic heterocycles. The molecule has 0 spiro atoms. The first kappa shape index (κ1) is 20.8. The van der Waals surface area contributed by atoms with E-state index in [-0.39, 0.29) is 11.8 Å². The van der Waals surface area contributed by atoms with Gasteiger partial charge < -0.3 is 10.6 Å². The maximum Gasteiger partial charge on any atom is 0.267 e. The van der Waals surface area contributed by atoms with Gasteiger partial charge in [-0.2, -0.15) is 0 Å². The fourth-order valence-corrected chi connectivity index (χ4v) is 3.84. The predicted octanol–water partition coefficient (Wildman–Crippen LogP) is 5.31. The first-order valence-electron chi connectivity index (χ1n) is 9.09. The molecule has 1 aromatic carbocycles. The second kappa shape index (κ2) is 9.46. The van der Waals surface area contributed by atoms with Crippen LogP contribution in [0.4, 0.5) is 10.8 Å². The lowest BCUT2D eigenvalue weighted by molar-refractivity contribution is -0.116. The Bertz CT molecular complexity index is 832. The SMILES string of the molecule is C=CCCCCC(=O)Nc1nc(C)c(C(=O)Nc2c(C)cc(C)cc2C)s1. The van der Waals surface area contributed by atoms with E-state index in [1.165, 1.54) is 11.3 Å². The number of hydrogen-bond acceptors (Lipinski definition) is 4. The number of rotatable bonds is 8. The zero-order valence-corrected chi connectivity index (χ0v) is 17.3. The Kier molecular flexibility index (Phi) is 7.30. The highest BCUT2D eigenvalue weighted by Gasteiger charge is 2.18. The first-order chi connectivity index (χ1) is 12.8. The average molecular weight is 386 g/mol. The maximum atomic E-state index is 12.7. The van der Waals surface area contributed by atoms with Crippen molar-refractivity contribution in [2.45, 2.75) is 53.4 Å². The number of aromatic nitrogens is 1. The molecule has 1 heterocycles. The van der Waals surface area contributed by atoms with Crippen LogP contribution < -0.4 is 10.6 Å². The molecule has 6 heteroatoms. The quantitative estimate of drug-likeness (QED) is 0.477. The standard InChI is InChI=1S/C21H27N3O2S/c1-6-7-8-9-10-17(25)23-21-22-16(5)19(27-21)20(26)24-18-14(3)11-13(2)12-15(18)4/h6,11-12H,1,7-10H2,2-5H3,(H,24,26)(H,22,23,25). The molecule has 0 bridgehead atoms. The van der Waals surface area contributed by atoms with Crippen LogP contribution in [0.5, 0.6) is 0 Å². The first-order valence-corrected chi connectivity index (χ1v) is 9.90. The molecule has 2 N–H and O–H groups in total. The van der Waals surface area contributed by atoms with Gasteiger partial charge in [-0.3, -0.25) is 9.59 Å². The van der Waals surface area contributed by atoms with E-state index in [0.29, 0.717) is 22.1 Å². The zero-order chi connectivity index (χ0) is 20.0. The third-order valence-corrected chi connectivity index (χ3v) is 5.30. The Labute approximate surface area is 164 Å². The topological polar surface area (TPSA) is 71.1 Å². The Morgan fingerprint density at radius 2 is 1.78 bits per heavy atom. The fourth-order valence-electron chi connectivity index (χ4n) is 2.96. The van der Waals surface area contributed by atoms with Crippen molar-refractivity contribution < 1.29 is 9.59 Å². The van der Waals surface area contributed by atoms with Crippen molar-refractivity contribution >= 4 is 34.0 Å². The number of benzene rings is 1. The van der Waals surface area contributed by atoms with Gasteiger partial charge in [-0.05, 0) is 58.1 Å². The molecular weight excluding hydrogens is 358 g/mol. The number of hydrogen-bond donors (Lipinski definition) is 2. The molecule has 0 saturated carbocycles. The van der Waals surface area contributed by atoms with Crippen LogP contribution in [0.15, 0.2) is 24.8 Å². The van der Waals surface area contributed by atoms with E-state index < -0.39 is 0 Å². The number of aryl methyl sites for hydroxylation is 4. The van der Waals surface area contributed by atoms with Crippen LogP contribution in [0.3, 0.4) is 0 Å². The van der Waals surface area contributed by atoms with Crippen LogP contribution in [0.25, 0.3) is 0 Å². The number of allylic oxidation sites excluding steroid dienone is 1. The number of nitrogens with zero attached hydrogens (tertiary/aromatic N) is 1. The van der Waals surface area contributed by atoms with Crippen LogP contribution >= 0.6 is 11.3 Å². The van der Waals surface area contributed by atoms with Crippen molar-refractivity contribution in [1.82, 2.24) is 4.98 Å². The normalized spacial score (nSPS) is 10.5. The molecule has 0 saturated heterocycles. The number of carbonyl (C=O) groups is 2. The van der Waals surface area contributed by atoms with Crippen molar-refractivity contribution in [3.05, 3.63) is 52.0 Å². The molecule has 144 valence electrons. The van der Waals surface area contributed by atoms with Gasteiger partial charge in [0.25, 0.3) is 5.91 Å². The van der Waals surface area contributed by atoms with Gasteiger partial charge >= 0.3 is 0 Å². The van der Waals surface area contributed by atoms with Crippen LogP contribution in [-0.4, -0.2) is 16.8 Å². The van der Waals surface area contributed by atoms with Gasteiger partial charge in [-0.15, -0.1) is 6.58 Å². The van der Waals surface area contributed by atoms with Crippen molar-refractivity contribution in [1.29, 1.82) is 0 Å². The smallest absolute Gasteiger partial charge is 0.267 e. The summed E-state index contributed by atoms with van der Waals surface area (Å²) in [7, 11) is 0. The van der Waals surface area contributed by atoms with Gasteiger partial charge in [-0.1, -0.05) is 35.1 Å². The van der Waals surface area contributed by atoms with E-state index in [4.69, 9.17) is 0 Å². The third kappa shape index (κ3) is 5.76. The predicted molar refractivity (Wildman–Crippen MR) is 113 cm³/mol. The molecule has 27 heavy (non-hydrogen) atoms. The van der Waals surface area contributed by atoms with Gasteiger partial charge in [0.2, 0.25) is 5.91 Å².